The second-order valence-corrected chi connectivity index (χ2v) is 4.97. The van der Waals surface area contributed by atoms with Gasteiger partial charge < -0.3 is 9.64 Å². The number of fused-ring (bicyclic) bond motifs is 1. The Bertz CT molecular complexity index is 715. The van der Waals surface area contributed by atoms with E-state index in [4.69, 9.17) is 4.74 Å². The number of carbonyl (C=O) groups excluding carboxylic acids is 1. The molecule has 112 valence electrons. The van der Waals surface area contributed by atoms with Gasteiger partial charge in [0.05, 0.1) is 23.6 Å². The maximum absolute atomic E-state index is 12.5. The number of benzene rings is 2. The van der Waals surface area contributed by atoms with Crippen LogP contribution in [-0.2, 0) is 11.2 Å². The number of anilines is 1. The molecule has 6 nitrogen and oxygen atoms in total. The molecular weight excluding hydrogens is 284 g/mol. The van der Waals surface area contributed by atoms with Crippen LogP contribution in [0.3, 0.4) is 0 Å². The van der Waals surface area contributed by atoms with Crippen LogP contribution in [0.2, 0.25) is 0 Å². The molecule has 0 saturated heterocycles. The van der Waals surface area contributed by atoms with Crippen molar-refractivity contribution in [2.45, 2.75) is 6.42 Å². The van der Waals surface area contributed by atoms with Crippen LogP contribution in [0.5, 0.6) is 5.75 Å². The Kier molecular flexibility index (Phi) is 3.74. The van der Waals surface area contributed by atoms with Gasteiger partial charge in [-0.25, -0.2) is 0 Å². The summed E-state index contributed by atoms with van der Waals surface area (Å²) in [6.45, 7) is 0.769. The topological polar surface area (TPSA) is 72.7 Å². The van der Waals surface area contributed by atoms with Crippen molar-refractivity contribution in [2.24, 2.45) is 0 Å². The molecule has 0 unspecified atom stereocenters. The molecule has 0 atom stereocenters. The third-order valence-electron chi connectivity index (χ3n) is 3.52. The van der Waals surface area contributed by atoms with Crippen LogP contribution in [0.25, 0.3) is 0 Å². The zero-order valence-electron chi connectivity index (χ0n) is 11.8. The quantitative estimate of drug-likeness (QED) is 0.645. The fourth-order valence-corrected chi connectivity index (χ4v) is 2.44. The fourth-order valence-electron chi connectivity index (χ4n) is 2.44. The highest BCUT2D eigenvalue weighted by Crippen LogP contribution is 2.35. The number of hydrogen-bond donors (Lipinski definition) is 0. The number of hydrogen-bond acceptors (Lipinski definition) is 4. The first-order valence-electron chi connectivity index (χ1n) is 6.90. The van der Waals surface area contributed by atoms with E-state index in [1.165, 1.54) is 18.2 Å². The Hall–Kier alpha value is -2.89. The van der Waals surface area contributed by atoms with Gasteiger partial charge in [0.2, 0.25) is 5.91 Å². The van der Waals surface area contributed by atoms with Crippen molar-refractivity contribution in [1.29, 1.82) is 0 Å². The molecule has 0 spiro atoms. The van der Waals surface area contributed by atoms with Crippen LogP contribution in [0.4, 0.5) is 11.4 Å². The summed E-state index contributed by atoms with van der Waals surface area (Å²) in [5.41, 5.74) is 1.31. The van der Waals surface area contributed by atoms with E-state index >= 15 is 0 Å². The van der Waals surface area contributed by atoms with Crippen LogP contribution in [-0.4, -0.2) is 24.0 Å². The van der Waals surface area contributed by atoms with Crippen molar-refractivity contribution in [1.82, 2.24) is 0 Å². The number of nitro benzene ring substituents is 1. The second-order valence-electron chi connectivity index (χ2n) is 4.97. The lowest BCUT2D eigenvalue weighted by Crippen LogP contribution is -2.38. The predicted octanol–water partition coefficient (Wildman–Crippen LogP) is 2.56. The molecule has 0 aromatic heterocycles. The highest BCUT2D eigenvalue weighted by Gasteiger charge is 2.25. The highest BCUT2D eigenvalue weighted by atomic mass is 16.6. The van der Waals surface area contributed by atoms with Crippen molar-refractivity contribution in [3.8, 4) is 5.75 Å². The lowest BCUT2D eigenvalue weighted by molar-refractivity contribution is -0.384. The van der Waals surface area contributed by atoms with Gasteiger partial charge in [-0.15, -0.1) is 0 Å². The molecule has 0 radical (unpaired) electrons. The first-order chi connectivity index (χ1) is 10.6. The minimum absolute atomic E-state index is 0.0539. The van der Waals surface area contributed by atoms with E-state index in [-0.39, 0.29) is 18.0 Å². The summed E-state index contributed by atoms with van der Waals surface area (Å²) in [4.78, 5) is 24.5. The average Bonchev–Trinajstić information content (AvgIpc) is 2.54. The third kappa shape index (κ3) is 2.76. The molecule has 0 N–H and O–H groups in total. The number of nitrogens with zero attached hydrogens (tertiary/aromatic N) is 2. The number of nitro groups is 1. The molecule has 1 aliphatic heterocycles. The second kappa shape index (κ2) is 5.85. The largest absolute Gasteiger partial charge is 0.490 e. The van der Waals surface area contributed by atoms with Crippen molar-refractivity contribution in [3.63, 3.8) is 0 Å². The van der Waals surface area contributed by atoms with E-state index in [2.05, 4.69) is 0 Å². The van der Waals surface area contributed by atoms with E-state index in [1.54, 1.807) is 4.90 Å². The summed E-state index contributed by atoms with van der Waals surface area (Å²) in [6, 6.07) is 13.7. The molecule has 2 aromatic rings. The predicted molar refractivity (Wildman–Crippen MR) is 81.1 cm³/mol. The number of rotatable bonds is 3. The van der Waals surface area contributed by atoms with Crippen LogP contribution < -0.4 is 9.64 Å². The molecule has 1 aliphatic rings. The summed E-state index contributed by atoms with van der Waals surface area (Å²) in [5, 5.41) is 10.9. The van der Waals surface area contributed by atoms with Crippen LogP contribution in [0.15, 0.2) is 48.5 Å². The molecule has 3 rings (SSSR count). The van der Waals surface area contributed by atoms with Gasteiger partial charge in [0.25, 0.3) is 5.69 Å². The molecule has 0 fully saturated rings. The summed E-state index contributed by atoms with van der Waals surface area (Å²) in [7, 11) is 0. The Morgan fingerprint density at radius 1 is 1.23 bits per heavy atom. The first-order valence-corrected chi connectivity index (χ1v) is 6.90. The Balaban J connectivity index is 1.88. The zero-order valence-corrected chi connectivity index (χ0v) is 11.8. The highest BCUT2D eigenvalue weighted by molar-refractivity contribution is 5.97. The van der Waals surface area contributed by atoms with E-state index in [0.29, 0.717) is 24.6 Å². The Morgan fingerprint density at radius 3 is 2.73 bits per heavy atom. The molecule has 2 aromatic carbocycles. The van der Waals surface area contributed by atoms with Crippen molar-refractivity contribution in [2.75, 3.05) is 18.1 Å². The van der Waals surface area contributed by atoms with Gasteiger partial charge in [0.15, 0.2) is 0 Å². The van der Waals surface area contributed by atoms with Crippen LogP contribution in [0.1, 0.15) is 5.56 Å². The lowest BCUT2D eigenvalue weighted by atomic mass is 10.1. The fraction of sp³-hybridized carbons (Fsp3) is 0.188. The van der Waals surface area contributed by atoms with Crippen LogP contribution in [0, 0.1) is 10.1 Å². The molecule has 0 aliphatic carbocycles. The summed E-state index contributed by atoms with van der Waals surface area (Å²) in [6.07, 6.45) is 0.253. The van der Waals surface area contributed by atoms with E-state index in [9.17, 15) is 14.9 Å². The van der Waals surface area contributed by atoms with E-state index < -0.39 is 4.92 Å². The van der Waals surface area contributed by atoms with Gasteiger partial charge in [0.1, 0.15) is 12.4 Å². The summed E-state index contributed by atoms with van der Waals surface area (Å²) < 4.78 is 5.47. The van der Waals surface area contributed by atoms with Gasteiger partial charge in [-0.2, -0.15) is 0 Å². The molecule has 22 heavy (non-hydrogen) atoms. The van der Waals surface area contributed by atoms with Crippen molar-refractivity contribution >= 4 is 17.3 Å². The SMILES string of the molecule is O=C(Cc1ccccc1)N1CCOc2ccc([N+](=O)[O-])cc21. The van der Waals surface area contributed by atoms with Gasteiger partial charge in [-0.3, -0.25) is 14.9 Å². The molecule has 6 heteroatoms. The first kappa shape index (κ1) is 14.1. The number of carbonyl (C=O) groups is 1. The smallest absolute Gasteiger partial charge is 0.271 e. The van der Waals surface area contributed by atoms with E-state index in [1.807, 2.05) is 30.3 Å². The summed E-state index contributed by atoms with van der Waals surface area (Å²) in [5.74, 6) is 0.398. The third-order valence-corrected chi connectivity index (χ3v) is 3.52. The maximum Gasteiger partial charge on any atom is 0.271 e. The molecular formula is C16H14N2O4. The Morgan fingerprint density at radius 2 is 2.00 bits per heavy atom. The average molecular weight is 298 g/mol. The number of amides is 1. The maximum atomic E-state index is 12.5. The van der Waals surface area contributed by atoms with Crippen molar-refractivity contribution in [3.05, 3.63) is 64.2 Å². The minimum atomic E-state index is -0.477. The normalized spacial score (nSPS) is 13.2. The van der Waals surface area contributed by atoms with E-state index in [0.717, 1.165) is 5.56 Å². The monoisotopic (exact) mass is 298 g/mol. The molecule has 0 bridgehead atoms. The Labute approximate surface area is 127 Å². The van der Waals surface area contributed by atoms with Crippen LogP contribution >= 0.6 is 0 Å². The minimum Gasteiger partial charge on any atom is -0.490 e. The standard InChI is InChI=1S/C16H14N2O4/c19-16(10-12-4-2-1-3-5-12)17-8-9-22-15-7-6-13(18(20)21)11-14(15)17/h1-7,11H,8-10H2. The number of non-ortho nitro benzene ring substituents is 1. The molecule has 1 heterocycles. The van der Waals surface area contributed by atoms with Gasteiger partial charge in [-0.1, -0.05) is 30.3 Å². The molecule has 0 saturated carbocycles. The van der Waals surface area contributed by atoms with Gasteiger partial charge in [0, 0.05) is 12.1 Å². The van der Waals surface area contributed by atoms with Gasteiger partial charge >= 0.3 is 0 Å². The number of ether oxygens (including phenoxy) is 1. The molecule has 1 amide bonds. The van der Waals surface area contributed by atoms with Crippen molar-refractivity contribution < 1.29 is 14.5 Å². The summed E-state index contributed by atoms with van der Waals surface area (Å²) >= 11 is 0. The zero-order chi connectivity index (χ0) is 15.5. The lowest BCUT2D eigenvalue weighted by Gasteiger charge is -2.29. The van der Waals surface area contributed by atoms with Gasteiger partial charge in [-0.05, 0) is 11.6 Å².